The van der Waals surface area contributed by atoms with Gasteiger partial charge in [0.15, 0.2) is 0 Å². The highest BCUT2D eigenvalue weighted by Gasteiger charge is 2.23. The Morgan fingerprint density at radius 1 is 1.29 bits per heavy atom. The molecule has 0 spiro atoms. The molecule has 1 aromatic carbocycles. The van der Waals surface area contributed by atoms with Crippen molar-refractivity contribution in [3.05, 3.63) is 35.4 Å². The number of benzene rings is 1. The average molecular weight is 235 g/mol. The van der Waals surface area contributed by atoms with E-state index in [9.17, 15) is 9.59 Å². The highest BCUT2D eigenvalue weighted by Crippen LogP contribution is 2.05. The Morgan fingerprint density at radius 3 is 2.35 bits per heavy atom. The summed E-state index contributed by atoms with van der Waals surface area (Å²) in [7, 11) is 0. The van der Waals surface area contributed by atoms with Gasteiger partial charge in [-0.15, -0.1) is 0 Å². The normalized spacial score (nSPS) is 11.9. The van der Waals surface area contributed by atoms with Gasteiger partial charge in [0.25, 0.3) is 0 Å². The third-order valence-corrected chi connectivity index (χ3v) is 2.61. The van der Waals surface area contributed by atoms with Gasteiger partial charge in [-0.25, -0.2) is 0 Å². The lowest BCUT2D eigenvalue weighted by Gasteiger charge is -2.10. The SMILES string of the molecule is CCC(C(=O)O)C(=O)NCc1ccc(C)cc1. The van der Waals surface area contributed by atoms with Crippen molar-refractivity contribution in [1.82, 2.24) is 5.32 Å². The fraction of sp³-hybridized carbons (Fsp3) is 0.385. The summed E-state index contributed by atoms with van der Waals surface area (Å²) in [6, 6.07) is 7.74. The smallest absolute Gasteiger partial charge is 0.316 e. The zero-order valence-corrected chi connectivity index (χ0v) is 10.1. The largest absolute Gasteiger partial charge is 0.481 e. The average Bonchev–Trinajstić information content (AvgIpc) is 2.28. The summed E-state index contributed by atoms with van der Waals surface area (Å²) in [5, 5.41) is 11.4. The first-order chi connectivity index (χ1) is 8.04. The lowest BCUT2D eigenvalue weighted by molar-refractivity contribution is -0.147. The molecule has 0 radical (unpaired) electrons. The Labute approximate surface area is 101 Å². The number of aliphatic carboxylic acids is 1. The Morgan fingerprint density at radius 2 is 1.88 bits per heavy atom. The van der Waals surface area contributed by atoms with Gasteiger partial charge in [-0.2, -0.15) is 0 Å². The van der Waals surface area contributed by atoms with E-state index in [1.54, 1.807) is 6.92 Å². The molecule has 1 aromatic rings. The number of carboxylic acid groups (broad SMARTS) is 1. The van der Waals surface area contributed by atoms with E-state index in [-0.39, 0.29) is 0 Å². The van der Waals surface area contributed by atoms with E-state index in [0.717, 1.165) is 11.1 Å². The van der Waals surface area contributed by atoms with Gasteiger partial charge in [0, 0.05) is 6.54 Å². The molecule has 1 rings (SSSR count). The molecule has 17 heavy (non-hydrogen) atoms. The molecule has 0 saturated carbocycles. The van der Waals surface area contributed by atoms with Crippen LogP contribution in [0.4, 0.5) is 0 Å². The minimum absolute atomic E-state index is 0.301. The molecular weight excluding hydrogens is 218 g/mol. The highest BCUT2D eigenvalue weighted by atomic mass is 16.4. The summed E-state index contributed by atoms with van der Waals surface area (Å²) >= 11 is 0. The second kappa shape index (κ2) is 6.03. The number of aryl methyl sites for hydroxylation is 1. The van der Waals surface area contributed by atoms with Gasteiger partial charge in [-0.1, -0.05) is 36.8 Å². The highest BCUT2D eigenvalue weighted by molar-refractivity contribution is 5.96. The van der Waals surface area contributed by atoms with E-state index in [0.29, 0.717) is 13.0 Å². The molecule has 92 valence electrons. The molecule has 1 atom stereocenters. The standard InChI is InChI=1S/C13H17NO3/c1-3-11(13(16)17)12(15)14-8-10-6-4-9(2)5-7-10/h4-7,11H,3,8H2,1-2H3,(H,14,15)(H,16,17). The fourth-order valence-electron chi connectivity index (χ4n) is 1.49. The summed E-state index contributed by atoms with van der Waals surface area (Å²) in [4.78, 5) is 22.3. The number of carbonyl (C=O) groups excluding carboxylic acids is 1. The van der Waals surface area contributed by atoms with E-state index < -0.39 is 17.8 Å². The van der Waals surface area contributed by atoms with Crippen LogP contribution in [0.15, 0.2) is 24.3 Å². The predicted octanol–water partition coefficient (Wildman–Crippen LogP) is 1.72. The van der Waals surface area contributed by atoms with Crippen LogP contribution in [0.5, 0.6) is 0 Å². The first kappa shape index (κ1) is 13.2. The van der Waals surface area contributed by atoms with Crippen molar-refractivity contribution in [2.45, 2.75) is 26.8 Å². The van der Waals surface area contributed by atoms with Gasteiger partial charge in [0.1, 0.15) is 5.92 Å². The van der Waals surface area contributed by atoms with E-state index in [1.165, 1.54) is 0 Å². The van der Waals surface area contributed by atoms with E-state index >= 15 is 0 Å². The molecule has 1 amide bonds. The number of hydrogen-bond acceptors (Lipinski definition) is 2. The van der Waals surface area contributed by atoms with Gasteiger partial charge in [0.05, 0.1) is 0 Å². The molecule has 0 heterocycles. The van der Waals surface area contributed by atoms with Gasteiger partial charge in [-0.3, -0.25) is 9.59 Å². The topological polar surface area (TPSA) is 66.4 Å². The zero-order valence-electron chi connectivity index (χ0n) is 10.1. The van der Waals surface area contributed by atoms with Crippen molar-refractivity contribution in [3.63, 3.8) is 0 Å². The third kappa shape index (κ3) is 3.90. The van der Waals surface area contributed by atoms with Crippen LogP contribution in [0.3, 0.4) is 0 Å². The summed E-state index contributed by atoms with van der Waals surface area (Å²) in [6.07, 6.45) is 0.301. The maximum Gasteiger partial charge on any atom is 0.316 e. The van der Waals surface area contributed by atoms with Crippen LogP contribution >= 0.6 is 0 Å². The summed E-state index contributed by atoms with van der Waals surface area (Å²) in [5.41, 5.74) is 2.11. The van der Waals surface area contributed by atoms with Crippen molar-refractivity contribution in [3.8, 4) is 0 Å². The monoisotopic (exact) mass is 235 g/mol. The van der Waals surface area contributed by atoms with Gasteiger partial charge in [0.2, 0.25) is 5.91 Å². The number of hydrogen-bond donors (Lipinski definition) is 2. The molecular formula is C13H17NO3. The number of carbonyl (C=O) groups is 2. The number of amides is 1. The van der Waals surface area contributed by atoms with Crippen molar-refractivity contribution < 1.29 is 14.7 Å². The fourth-order valence-corrected chi connectivity index (χ4v) is 1.49. The van der Waals surface area contributed by atoms with Gasteiger partial charge < -0.3 is 10.4 Å². The van der Waals surface area contributed by atoms with Crippen LogP contribution in [0, 0.1) is 12.8 Å². The summed E-state index contributed by atoms with van der Waals surface area (Å²) in [6.45, 7) is 4.03. The number of nitrogens with one attached hydrogen (secondary N) is 1. The van der Waals surface area contributed by atoms with Gasteiger partial charge >= 0.3 is 5.97 Å². The Kier molecular flexibility index (Phi) is 4.69. The summed E-state index contributed by atoms with van der Waals surface area (Å²) in [5.74, 6) is -2.46. The van der Waals surface area contributed by atoms with E-state index in [2.05, 4.69) is 5.32 Å². The van der Waals surface area contributed by atoms with Gasteiger partial charge in [-0.05, 0) is 18.9 Å². The first-order valence-corrected chi connectivity index (χ1v) is 5.60. The lowest BCUT2D eigenvalue weighted by Crippen LogP contribution is -2.34. The van der Waals surface area contributed by atoms with Crippen LogP contribution in [0.25, 0.3) is 0 Å². The van der Waals surface area contributed by atoms with Crippen molar-refractivity contribution >= 4 is 11.9 Å². The van der Waals surface area contributed by atoms with Crippen LogP contribution < -0.4 is 5.32 Å². The molecule has 0 saturated heterocycles. The zero-order chi connectivity index (χ0) is 12.8. The Bertz CT molecular complexity index is 398. The lowest BCUT2D eigenvalue weighted by atomic mass is 10.1. The minimum atomic E-state index is -1.08. The van der Waals surface area contributed by atoms with Crippen molar-refractivity contribution in [1.29, 1.82) is 0 Å². The second-order valence-electron chi connectivity index (χ2n) is 4.00. The molecule has 0 bridgehead atoms. The maximum atomic E-state index is 11.6. The van der Waals surface area contributed by atoms with Crippen LogP contribution in [-0.2, 0) is 16.1 Å². The molecule has 0 aliphatic rings. The molecule has 0 aliphatic heterocycles. The predicted molar refractivity (Wildman–Crippen MR) is 64.4 cm³/mol. The first-order valence-electron chi connectivity index (χ1n) is 5.60. The Hall–Kier alpha value is -1.84. The maximum absolute atomic E-state index is 11.6. The van der Waals surface area contributed by atoms with Crippen LogP contribution in [-0.4, -0.2) is 17.0 Å². The quantitative estimate of drug-likeness (QED) is 0.764. The molecule has 4 heteroatoms. The molecule has 1 unspecified atom stereocenters. The van der Waals surface area contributed by atoms with E-state index in [1.807, 2.05) is 31.2 Å². The third-order valence-electron chi connectivity index (χ3n) is 2.61. The number of carboxylic acids is 1. The summed E-state index contributed by atoms with van der Waals surface area (Å²) < 4.78 is 0. The second-order valence-corrected chi connectivity index (χ2v) is 4.00. The number of rotatable bonds is 5. The Balaban J connectivity index is 2.53. The molecule has 0 aliphatic carbocycles. The van der Waals surface area contributed by atoms with E-state index in [4.69, 9.17) is 5.11 Å². The van der Waals surface area contributed by atoms with Crippen LogP contribution in [0.2, 0.25) is 0 Å². The minimum Gasteiger partial charge on any atom is -0.481 e. The molecule has 0 aromatic heterocycles. The molecule has 4 nitrogen and oxygen atoms in total. The van der Waals surface area contributed by atoms with Crippen molar-refractivity contribution in [2.75, 3.05) is 0 Å². The van der Waals surface area contributed by atoms with Crippen LogP contribution in [0.1, 0.15) is 24.5 Å². The van der Waals surface area contributed by atoms with Crippen molar-refractivity contribution in [2.24, 2.45) is 5.92 Å². The molecule has 2 N–H and O–H groups in total. The molecule has 0 fully saturated rings.